The van der Waals surface area contributed by atoms with Gasteiger partial charge in [-0.2, -0.15) is 0 Å². The van der Waals surface area contributed by atoms with E-state index in [0.717, 1.165) is 41.7 Å². The highest BCUT2D eigenvalue weighted by Crippen LogP contribution is 2.24. The zero-order valence-electron chi connectivity index (χ0n) is 11.8. The van der Waals surface area contributed by atoms with E-state index in [2.05, 4.69) is 28.3 Å². The molecule has 1 aliphatic heterocycles. The van der Waals surface area contributed by atoms with Crippen molar-refractivity contribution in [2.24, 2.45) is 5.92 Å². The number of thioether (sulfide) groups is 1. The molecule has 1 aromatic carbocycles. The van der Waals surface area contributed by atoms with Crippen LogP contribution in [0.5, 0.6) is 0 Å². The Balaban J connectivity index is 1.63. The molecule has 0 saturated carbocycles. The van der Waals surface area contributed by atoms with E-state index in [9.17, 15) is 0 Å². The number of H-pyrrole nitrogens is 1. The van der Waals surface area contributed by atoms with Gasteiger partial charge >= 0.3 is 0 Å². The van der Waals surface area contributed by atoms with Gasteiger partial charge in [-0.3, -0.25) is 0 Å². The Morgan fingerprint density at radius 2 is 2.40 bits per heavy atom. The van der Waals surface area contributed by atoms with Crippen LogP contribution in [0.2, 0.25) is 0 Å². The van der Waals surface area contributed by atoms with Crippen LogP contribution in [0.15, 0.2) is 29.4 Å². The number of benzene rings is 1. The molecule has 108 valence electrons. The lowest BCUT2D eigenvalue weighted by Gasteiger charge is -2.22. The van der Waals surface area contributed by atoms with Gasteiger partial charge in [0.05, 0.1) is 17.6 Å². The molecule has 0 amide bonds. The summed E-state index contributed by atoms with van der Waals surface area (Å²) >= 11 is 1.80. The molecule has 2 N–H and O–H groups in total. The lowest BCUT2D eigenvalue weighted by molar-refractivity contribution is 0.179. The van der Waals surface area contributed by atoms with Crippen molar-refractivity contribution in [2.75, 3.05) is 25.5 Å². The standard InChI is InChI=1S/C15H21N3OS/c1-2-16-14(11-7-8-19-9-11)10-20-15-17-12-5-3-4-6-13(12)18-15/h3-6,11,14,16H,2,7-10H2,1H3,(H,17,18). The van der Waals surface area contributed by atoms with Gasteiger partial charge < -0.3 is 15.0 Å². The van der Waals surface area contributed by atoms with Crippen molar-refractivity contribution >= 4 is 22.8 Å². The van der Waals surface area contributed by atoms with Crippen molar-refractivity contribution < 1.29 is 4.74 Å². The Morgan fingerprint density at radius 3 is 3.15 bits per heavy atom. The summed E-state index contributed by atoms with van der Waals surface area (Å²) in [7, 11) is 0. The number of hydrogen-bond acceptors (Lipinski definition) is 4. The van der Waals surface area contributed by atoms with Crippen LogP contribution in [-0.4, -0.2) is 41.5 Å². The number of nitrogens with zero attached hydrogens (tertiary/aromatic N) is 1. The van der Waals surface area contributed by atoms with Crippen molar-refractivity contribution in [1.82, 2.24) is 15.3 Å². The summed E-state index contributed by atoms with van der Waals surface area (Å²) in [6.07, 6.45) is 1.17. The molecule has 0 radical (unpaired) electrons. The third-order valence-corrected chi connectivity index (χ3v) is 4.76. The number of rotatable bonds is 6. The van der Waals surface area contributed by atoms with Gasteiger partial charge in [-0.05, 0) is 25.1 Å². The van der Waals surface area contributed by atoms with Crippen LogP contribution in [0.4, 0.5) is 0 Å². The fourth-order valence-corrected chi connectivity index (χ4v) is 3.73. The van der Waals surface area contributed by atoms with Gasteiger partial charge in [0.25, 0.3) is 0 Å². The fourth-order valence-electron chi connectivity index (χ4n) is 2.66. The van der Waals surface area contributed by atoms with Gasteiger partial charge in [0, 0.05) is 24.3 Å². The maximum absolute atomic E-state index is 5.51. The topological polar surface area (TPSA) is 49.9 Å². The fraction of sp³-hybridized carbons (Fsp3) is 0.533. The number of hydrogen-bond donors (Lipinski definition) is 2. The molecule has 1 aromatic heterocycles. The van der Waals surface area contributed by atoms with Crippen molar-refractivity contribution in [3.05, 3.63) is 24.3 Å². The third-order valence-electron chi connectivity index (χ3n) is 3.77. The van der Waals surface area contributed by atoms with Crippen molar-refractivity contribution in [3.63, 3.8) is 0 Å². The molecule has 0 aliphatic carbocycles. The molecule has 3 rings (SSSR count). The Bertz CT molecular complexity index is 518. The van der Waals surface area contributed by atoms with Gasteiger partial charge in [0.2, 0.25) is 0 Å². The molecule has 20 heavy (non-hydrogen) atoms. The number of aromatic amines is 1. The first-order chi connectivity index (χ1) is 9.86. The average molecular weight is 291 g/mol. The number of fused-ring (bicyclic) bond motifs is 1. The minimum Gasteiger partial charge on any atom is -0.381 e. The molecule has 2 unspecified atom stereocenters. The molecular weight excluding hydrogens is 270 g/mol. The number of aromatic nitrogens is 2. The van der Waals surface area contributed by atoms with Crippen molar-refractivity contribution in [2.45, 2.75) is 24.5 Å². The Hall–Kier alpha value is -1.04. The van der Waals surface area contributed by atoms with Gasteiger partial charge in [-0.1, -0.05) is 30.8 Å². The van der Waals surface area contributed by atoms with Gasteiger partial charge in [-0.15, -0.1) is 0 Å². The van der Waals surface area contributed by atoms with E-state index >= 15 is 0 Å². The molecular formula is C15H21N3OS. The van der Waals surface area contributed by atoms with Crippen LogP contribution in [0.3, 0.4) is 0 Å². The zero-order valence-corrected chi connectivity index (χ0v) is 12.6. The lowest BCUT2D eigenvalue weighted by Crippen LogP contribution is -2.38. The van der Waals surface area contributed by atoms with Crippen LogP contribution < -0.4 is 5.32 Å². The second-order valence-corrected chi connectivity index (χ2v) is 6.17. The highest BCUT2D eigenvalue weighted by molar-refractivity contribution is 7.99. The maximum atomic E-state index is 5.51. The molecule has 1 fully saturated rings. The Labute approximate surface area is 123 Å². The summed E-state index contributed by atoms with van der Waals surface area (Å²) in [6, 6.07) is 8.67. The first kappa shape index (κ1) is 13.9. The molecule has 1 aliphatic rings. The largest absolute Gasteiger partial charge is 0.381 e. The number of nitrogens with one attached hydrogen (secondary N) is 2. The molecule has 5 heteroatoms. The minimum atomic E-state index is 0.501. The Morgan fingerprint density at radius 1 is 1.50 bits per heavy atom. The lowest BCUT2D eigenvalue weighted by atomic mass is 10.0. The molecule has 4 nitrogen and oxygen atoms in total. The molecule has 2 atom stereocenters. The summed E-state index contributed by atoms with van der Waals surface area (Å²) in [5, 5.41) is 4.59. The van der Waals surface area contributed by atoms with Crippen molar-refractivity contribution in [1.29, 1.82) is 0 Å². The van der Waals surface area contributed by atoms with Crippen LogP contribution in [-0.2, 0) is 4.74 Å². The first-order valence-electron chi connectivity index (χ1n) is 7.25. The molecule has 2 heterocycles. The van der Waals surface area contributed by atoms with E-state index in [1.165, 1.54) is 6.42 Å². The monoisotopic (exact) mass is 291 g/mol. The summed E-state index contributed by atoms with van der Waals surface area (Å²) in [5.74, 6) is 1.66. The van der Waals surface area contributed by atoms with Gasteiger partial charge in [0.15, 0.2) is 5.16 Å². The molecule has 0 spiro atoms. The average Bonchev–Trinajstić information content (AvgIpc) is 3.12. The van der Waals surface area contributed by atoms with Crippen molar-refractivity contribution in [3.8, 4) is 0 Å². The quantitative estimate of drug-likeness (QED) is 0.803. The maximum Gasteiger partial charge on any atom is 0.166 e. The number of imidazole rings is 1. The van der Waals surface area contributed by atoms with E-state index in [0.29, 0.717) is 12.0 Å². The molecule has 2 aromatic rings. The van der Waals surface area contributed by atoms with E-state index in [4.69, 9.17) is 4.74 Å². The molecule has 1 saturated heterocycles. The Kier molecular flexibility index (Phi) is 4.60. The predicted molar refractivity (Wildman–Crippen MR) is 83.2 cm³/mol. The van der Waals surface area contributed by atoms with E-state index in [1.54, 1.807) is 11.8 Å². The minimum absolute atomic E-state index is 0.501. The smallest absolute Gasteiger partial charge is 0.166 e. The van der Waals surface area contributed by atoms with Crippen LogP contribution in [0.1, 0.15) is 13.3 Å². The summed E-state index contributed by atoms with van der Waals surface area (Å²) in [6.45, 7) is 4.96. The summed E-state index contributed by atoms with van der Waals surface area (Å²) in [4.78, 5) is 8.00. The SMILES string of the molecule is CCNC(CSc1nc2ccccc2[nH]1)C1CCOC1. The highest BCUT2D eigenvalue weighted by Gasteiger charge is 2.25. The van der Waals surface area contributed by atoms with E-state index < -0.39 is 0 Å². The van der Waals surface area contributed by atoms with E-state index in [-0.39, 0.29) is 0 Å². The summed E-state index contributed by atoms with van der Waals surface area (Å²) in [5.41, 5.74) is 2.15. The highest BCUT2D eigenvalue weighted by atomic mass is 32.2. The van der Waals surface area contributed by atoms with Gasteiger partial charge in [0.1, 0.15) is 0 Å². The normalized spacial score (nSPS) is 20.6. The predicted octanol–water partition coefficient (Wildman–Crippen LogP) is 2.67. The third kappa shape index (κ3) is 3.16. The second-order valence-electron chi connectivity index (χ2n) is 5.16. The number of ether oxygens (including phenoxy) is 1. The van der Waals surface area contributed by atoms with Crippen LogP contribution in [0.25, 0.3) is 11.0 Å². The van der Waals surface area contributed by atoms with E-state index in [1.807, 2.05) is 18.2 Å². The number of para-hydroxylation sites is 2. The van der Waals surface area contributed by atoms with Gasteiger partial charge in [-0.25, -0.2) is 4.98 Å². The van der Waals surface area contributed by atoms with Crippen LogP contribution in [0, 0.1) is 5.92 Å². The summed E-state index contributed by atoms with van der Waals surface area (Å²) < 4.78 is 5.51. The zero-order chi connectivity index (χ0) is 13.8. The first-order valence-corrected chi connectivity index (χ1v) is 8.24. The van der Waals surface area contributed by atoms with Crippen LogP contribution >= 0.6 is 11.8 Å². The molecule has 0 bridgehead atoms. The second kappa shape index (κ2) is 6.61.